The number of carbonyl (C=O) groups excluding carboxylic acids is 2. The molecule has 0 bridgehead atoms. The van der Waals surface area contributed by atoms with Crippen LogP contribution in [0.15, 0.2) is 54.8 Å². The fourth-order valence-electron chi connectivity index (χ4n) is 3.96. The molecule has 4 aromatic rings. The number of carbonyl (C=O) groups is 2. The van der Waals surface area contributed by atoms with Gasteiger partial charge >= 0.3 is 17.9 Å². The summed E-state index contributed by atoms with van der Waals surface area (Å²) in [5, 5.41) is 13.1. The fourth-order valence-corrected chi connectivity index (χ4v) is 4.32. The highest BCUT2D eigenvalue weighted by Crippen LogP contribution is 2.29. The van der Waals surface area contributed by atoms with Gasteiger partial charge in [0.2, 0.25) is 11.6 Å². The number of hydrogen-bond acceptors (Lipinski definition) is 11. The second kappa shape index (κ2) is 11.8. The molecule has 3 heterocycles. The summed E-state index contributed by atoms with van der Waals surface area (Å²) in [5.41, 5.74) is -0.194. The minimum absolute atomic E-state index is 0.0175. The normalized spacial score (nSPS) is 14.1. The molecule has 1 aliphatic rings. The molecule has 0 spiro atoms. The van der Waals surface area contributed by atoms with E-state index in [1.54, 1.807) is 0 Å². The van der Waals surface area contributed by atoms with Crippen LogP contribution in [0.4, 0.5) is 23.4 Å². The molecular formula is C24H17BrF4N6O7. The molecule has 1 amide bonds. The zero-order valence-electron chi connectivity index (χ0n) is 21.0. The third-order valence-electron chi connectivity index (χ3n) is 5.93. The Bertz CT molecular complexity index is 1700. The minimum Gasteiger partial charge on any atom is -0.419 e. The highest BCUT2D eigenvalue weighted by Gasteiger charge is 2.42. The Morgan fingerprint density at radius 1 is 1.07 bits per heavy atom. The standard InChI is InChI=1S/C24H17BrF4N6O7/c25-15-10-13(2-4-16(15)26)35-20(33-41-23(35)38)18-19(32-42-31-18)30-21(36)14-3-1-12(11-34-5-7-39-8-6-34)9-17(14)40-22(37)24(27,28)29/h1-4,9-10H,5-8,11H2,(H,30,32,36). The zero-order chi connectivity index (χ0) is 30.0. The van der Waals surface area contributed by atoms with Gasteiger partial charge in [-0.15, -0.1) is 0 Å². The van der Waals surface area contributed by atoms with Gasteiger partial charge in [-0.05, 0) is 62.1 Å². The predicted molar refractivity (Wildman–Crippen MR) is 135 cm³/mol. The first kappa shape index (κ1) is 29.1. The zero-order valence-corrected chi connectivity index (χ0v) is 22.6. The largest absolute Gasteiger partial charge is 0.491 e. The lowest BCUT2D eigenvalue weighted by atomic mass is 10.1. The number of rotatable bonds is 7. The van der Waals surface area contributed by atoms with Crippen molar-refractivity contribution in [3.63, 3.8) is 0 Å². The van der Waals surface area contributed by atoms with Crippen LogP contribution in [0.5, 0.6) is 5.75 Å². The van der Waals surface area contributed by atoms with Gasteiger partial charge < -0.3 is 14.8 Å². The molecule has 0 saturated carbocycles. The topological polar surface area (TPSA) is 155 Å². The average Bonchev–Trinajstić information content (AvgIpc) is 3.56. The summed E-state index contributed by atoms with van der Waals surface area (Å²) in [4.78, 5) is 39.2. The van der Waals surface area contributed by atoms with Crippen LogP contribution in [0, 0.1) is 5.82 Å². The lowest BCUT2D eigenvalue weighted by Gasteiger charge is -2.26. The molecule has 18 heteroatoms. The summed E-state index contributed by atoms with van der Waals surface area (Å²) < 4.78 is 72.9. The molecule has 1 saturated heterocycles. The van der Waals surface area contributed by atoms with Crippen LogP contribution in [0.3, 0.4) is 0 Å². The first-order valence-electron chi connectivity index (χ1n) is 11.9. The molecular weight excluding hydrogens is 640 g/mol. The van der Waals surface area contributed by atoms with Crippen LogP contribution in [0.1, 0.15) is 15.9 Å². The minimum atomic E-state index is -5.33. The fraction of sp³-hybridized carbons (Fsp3) is 0.250. The molecule has 1 fully saturated rings. The Kier molecular flexibility index (Phi) is 8.19. The van der Waals surface area contributed by atoms with Gasteiger partial charge in [-0.25, -0.2) is 23.2 Å². The van der Waals surface area contributed by atoms with Gasteiger partial charge in [-0.3, -0.25) is 14.2 Å². The summed E-state index contributed by atoms with van der Waals surface area (Å²) in [6.45, 7) is 2.39. The first-order valence-corrected chi connectivity index (χ1v) is 12.7. The lowest BCUT2D eigenvalue weighted by Crippen LogP contribution is -2.35. The lowest BCUT2D eigenvalue weighted by molar-refractivity contribution is -0.189. The smallest absolute Gasteiger partial charge is 0.419 e. The van der Waals surface area contributed by atoms with Crippen molar-refractivity contribution in [1.29, 1.82) is 0 Å². The number of esters is 1. The monoisotopic (exact) mass is 656 g/mol. The Hall–Kier alpha value is -4.42. The van der Waals surface area contributed by atoms with Crippen molar-refractivity contribution in [2.24, 2.45) is 0 Å². The molecule has 13 nitrogen and oxygen atoms in total. The molecule has 220 valence electrons. The number of benzene rings is 2. The number of halogens is 5. The Labute approximate surface area is 240 Å². The summed E-state index contributed by atoms with van der Waals surface area (Å²) in [5.74, 6) is -6.57. The van der Waals surface area contributed by atoms with Crippen LogP contribution in [-0.4, -0.2) is 69.3 Å². The van der Waals surface area contributed by atoms with Gasteiger partial charge in [-0.1, -0.05) is 11.2 Å². The molecule has 5 rings (SSSR count). The van der Waals surface area contributed by atoms with Gasteiger partial charge in [0, 0.05) is 19.6 Å². The van der Waals surface area contributed by atoms with E-state index in [9.17, 15) is 31.9 Å². The highest BCUT2D eigenvalue weighted by molar-refractivity contribution is 9.10. The maximum atomic E-state index is 13.7. The van der Waals surface area contributed by atoms with E-state index in [4.69, 9.17) is 13.9 Å². The van der Waals surface area contributed by atoms with Crippen LogP contribution in [0.2, 0.25) is 0 Å². The van der Waals surface area contributed by atoms with E-state index in [2.05, 4.69) is 41.5 Å². The quantitative estimate of drug-likeness (QED) is 0.177. The number of alkyl halides is 3. The van der Waals surface area contributed by atoms with Crippen LogP contribution in [0.25, 0.3) is 17.2 Å². The number of anilines is 1. The predicted octanol–water partition coefficient (Wildman–Crippen LogP) is 3.33. The van der Waals surface area contributed by atoms with Crippen LogP contribution >= 0.6 is 15.9 Å². The van der Waals surface area contributed by atoms with E-state index in [0.29, 0.717) is 38.4 Å². The van der Waals surface area contributed by atoms with E-state index >= 15 is 0 Å². The van der Waals surface area contributed by atoms with Gasteiger partial charge in [0.1, 0.15) is 11.6 Å². The number of ether oxygens (including phenoxy) is 2. The third kappa shape index (κ3) is 6.24. The van der Waals surface area contributed by atoms with Crippen LogP contribution < -0.4 is 15.8 Å². The number of nitrogens with zero attached hydrogens (tertiary/aromatic N) is 5. The summed E-state index contributed by atoms with van der Waals surface area (Å²) >= 11 is 3.01. The highest BCUT2D eigenvalue weighted by atomic mass is 79.9. The molecule has 2 aromatic heterocycles. The SMILES string of the molecule is O=C(Nc1nonc1-c1noc(=O)n1-c1ccc(F)c(Br)c1)c1ccc(CN2CCOCC2)cc1OC(=O)C(F)(F)F. The number of aromatic nitrogens is 4. The van der Waals surface area contributed by atoms with Crippen molar-refractivity contribution < 1.29 is 45.8 Å². The van der Waals surface area contributed by atoms with Crippen molar-refractivity contribution in [3.05, 3.63) is 68.4 Å². The first-order chi connectivity index (χ1) is 20.0. The van der Waals surface area contributed by atoms with Gasteiger partial charge in [0.25, 0.3) is 5.91 Å². The third-order valence-corrected chi connectivity index (χ3v) is 6.54. The maximum absolute atomic E-state index is 13.7. The van der Waals surface area contributed by atoms with Gasteiger partial charge in [-0.2, -0.15) is 13.2 Å². The van der Waals surface area contributed by atoms with Gasteiger partial charge in [0.05, 0.1) is 28.9 Å². The maximum Gasteiger partial charge on any atom is 0.491 e. The summed E-state index contributed by atoms with van der Waals surface area (Å²) in [7, 11) is 0. The van der Waals surface area contributed by atoms with E-state index in [0.717, 1.165) is 16.7 Å². The van der Waals surface area contributed by atoms with E-state index in [1.165, 1.54) is 24.3 Å². The number of nitrogens with one attached hydrogen (secondary N) is 1. The number of morpholine rings is 1. The van der Waals surface area contributed by atoms with E-state index < -0.39 is 46.8 Å². The Morgan fingerprint density at radius 3 is 2.55 bits per heavy atom. The molecule has 0 atom stereocenters. The molecule has 0 unspecified atom stereocenters. The Morgan fingerprint density at radius 2 is 1.83 bits per heavy atom. The van der Waals surface area contributed by atoms with Crippen molar-refractivity contribution in [2.45, 2.75) is 12.7 Å². The van der Waals surface area contributed by atoms with Crippen LogP contribution in [-0.2, 0) is 16.1 Å². The average molecular weight is 657 g/mol. The van der Waals surface area contributed by atoms with E-state index in [1.807, 2.05) is 4.90 Å². The van der Waals surface area contributed by atoms with Crippen molar-refractivity contribution in [1.82, 2.24) is 24.9 Å². The second-order valence-corrected chi connectivity index (χ2v) is 9.58. The molecule has 2 aromatic carbocycles. The second-order valence-electron chi connectivity index (χ2n) is 8.73. The van der Waals surface area contributed by atoms with E-state index in [-0.39, 0.29) is 21.7 Å². The summed E-state index contributed by atoms with van der Waals surface area (Å²) in [6.07, 6.45) is -5.33. The Balaban J connectivity index is 1.45. The van der Waals surface area contributed by atoms with Crippen molar-refractivity contribution in [2.75, 3.05) is 31.6 Å². The van der Waals surface area contributed by atoms with Gasteiger partial charge in [0.15, 0.2) is 5.69 Å². The van der Waals surface area contributed by atoms with Crippen molar-refractivity contribution in [3.8, 4) is 23.0 Å². The molecule has 0 aliphatic carbocycles. The molecule has 42 heavy (non-hydrogen) atoms. The summed E-state index contributed by atoms with van der Waals surface area (Å²) in [6, 6.07) is 7.38. The molecule has 1 aliphatic heterocycles. The molecule has 0 radical (unpaired) electrons. The molecule has 1 N–H and O–H groups in total. The number of hydrogen-bond donors (Lipinski definition) is 1. The van der Waals surface area contributed by atoms with Crippen molar-refractivity contribution >= 4 is 33.6 Å². The number of amides is 1.